The van der Waals surface area contributed by atoms with Gasteiger partial charge in [0.05, 0.1) is 19.3 Å². The van der Waals surface area contributed by atoms with Gasteiger partial charge in [-0.05, 0) is 24.5 Å². The summed E-state index contributed by atoms with van der Waals surface area (Å²) in [5.74, 6) is -0.134. The number of ether oxygens (including phenoxy) is 1. The van der Waals surface area contributed by atoms with Crippen LogP contribution in [0.4, 0.5) is 0 Å². The first kappa shape index (κ1) is 19.1. The Balaban J connectivity index is 2.00. The third kappa shape index (κ3) is 4.33. The molecule has 0 amide bonds. The summed E-state index contributed by atoms with van der Waals surface area (Å²) in [6.45, 7) is 5.66. The van der Waals surface area contributed by atoms with Crippen LogP contribution in [0, 0.1) is 5.92 Å². The largest absolute Gasteiger partial charge is 0.393 e. The van der Waals surface area contributed by atoms with Gasteiger partial charge >= 0.3 is 0 Å². The predicted octanol–water partition coefficient (Wildman–Crippen LogP) is 2.64. The molecule has 0 aromatic heterocycles. The highest BCUT2D eigenvalue weighted by molar-refractivity contribution is 5.37. The van der Waals surface area contributed by atoms with Gasteiger partial charge in [0, 0.05) is 25.6 Å². The van der Waals surface area contributed by atoms with E-state index in [0.717, 1.165) is 37.4 Å². The van der Waals surface area contributed by atoms with Crippen LogP contribution in [0.2, 0.25) is 0 Å². The molecule has 0 spiro atoms. The standard InChI is InChI=1S/C22H29NO3/c1-18(24)16-21(17-23-12-14-26-15-13-23)22(25,19-8-4-2-5-9-19)20-10-6-3-7-11-20/h2-11,18,21,24-25H,12-17H2,1H3. The fourth-order valence-corrected chi connectivity index (χ4v) is 3.91. The molecule has 0 aliphatic carbocycles. The van der Waals surface area contributed by atoms with Crippen LogP contribution in [0.25, 0.3) is 0 Å². The number of benzene rings is 2. The highest BCUT2D eigenvalue weighted by Crippen LogP contribution is 2.39. The van der Waals surface area contributed by atoms with Crippen molar-refractivity contribution in [3.05, 3.63) is 71.8 Å². The van der Waals surface area contributed by atoms with Gasteiger partial charge in [0.2, 0.25) is 0 Å². The molecule has 140 valence electrons. The monoisotopic (exact) mass is 355 g/mol. The van der Waals surface area contributed by atoms with Gasteiger partial charge in [-0.25, -0.2) is 0 Å². The number of rotatable bonds is 7. The van der Waals surface area contributed by atoms with Crippen molar-refractivity contribution < 1.29 is 14.9 Å². The van der Waals surface area contributed by atoms with E-state index in [2.05, 4.69) is 4.90 Å². The summed E-state index contributed by atoms with van der Waals surface area (Å²) in [6, 6.07) is 19.6. The van der Waals surface area contributed by atoms with Gasteiger partial charge in [0.15, 0.2) is 0 Å². The number of aliphatic hydroxyl groups is 2. The molecule has 1 heterocycles. The molecular weight excluding hydrogens is 326 g/mol. The fraction of sp³-hybridized carbons (Fsp3) is 0.455. The molecule has 1 fully saturated rings. The van der Waals surface area contributed by atoms with E-state index in [1.165, 1.54) is 0 Å². The van der Waals surface area contributed by atoms with Crippen molar-refractivity contribution >= 4 is 0 Å². The molecule has 4 nitrogen and oxygen atoms in total. The molecule has 2 atom stereocenters. The Morgan fingerprint density at radius 2 is 1.46 bits per heavy atom. The zero-order chi connectivity index (χ0) is 18.4. The third-order valence-electron chi connectivity index (χ3n) is 5.23. The lowest BCUT2D eigenvalue weighted by atomic mass is 9.73. The van der Waals surface area contributed by atoms with E-state index in [4.69, 9.17) is 4.74 Å². The lowest BCUT2D eigenvalue weighted by molar-refractivity contribution is -0.0385. The maximum Gasteiger partial charge on any atom is 0.119 e. The van der Waals surface area contributed by atoms with E-state index in [9.17, 15) is 10.2 Å². The SMILES string of the molecule is CC(O)CC(CN1CCOCC1)C(O)(c1ccccc1)c1ccccc1. The lowest BCUT2D eigenvalue weighted by Crippen LogP contribution is -2.47. The van der Waals surface area contributed by atoms with Gasteiger partial charge in [-0.3, -0.25) is 4.90 Å². The minimum atomic E-state index is -1.15. The van der Waals surface area contributed by atoms with E-state index in [-0.39, 0.29) is 5.92 Å². The Hall–Kier alpha value is -1.72. The van der Waals surface area contributed by atoms with Crippen LogP contribution in [-0.2, 0) is 10.3 Å². The summed E-state index contributed by atoms with van der Waals surface area (Å²) in [4.78, 5) is 2.33. The molecule has 0 bridgehead atoms. The maximum atomic E-state index is 12.0. The second-order valence-electron chi connectivity index (χ2n) is 7.19. The quantitative estimate of drug-likeness (QED) is 0.802. The normalized spacial score (nSPS) is 18.4. The molecule has 1 saturated heterocycles. The van der Waals surface area contributed by atoms with Crippen molar-refractivity contribution in [3.8, 4) is 0 Å². The molecule has 2 aromatic carbocycles. The van der Waals surface area contributed by atoms with Gasteiger partial charge in [-0.2, -0.15) is 0 Å². The van der Waals surface area contributed by atoms with Gasteiger partial charge in [0.1, 0.15) is 5.60 Å². The molecule has 1 aliphatic heterocycles. The van der Waals surface area contributed by atoms with Crippen LogP contribution in [0.1, 0.15) is 24.5 Å². The molecule has 26 heavy (non-hydrogen) atoms. The average molecular weight is 355 g/mol. The van der Waals surface area contributed by atoms with Gasteiger partial charge in [-0.1, -0.05) is 60.7 Å². The zero-order valence-electron chi connectivity index (χ0n) is 15.4. The van der Waals surface area contributed by atoms with Crippen LogP contribution in [0.15, 0.2) is 60.7 Å². The molecule has 2 aromatic rings. The molecule has 0 radical (unpaired) electrons. The second kappa shape index (κ2) is 8.78. The molecule has 0 saturated carbocycles. The van der Waals surface area contributed by atoms with Gasteiger partial charge < -0.3 is 14.9 Å². The number of nitrogens with zero attached hydrogens (tertiary/aromatic N) is 1. The Bertz CT molecular complexity index is 614. The first-order valence-corrected chi connectivity index (χ1v) is 9.42. The van der Waals surface area contributed by atoms with E-state index in [1.54, 1.807) is 6.92 Å². The average Bonchev–Trinajstić information content (AvgIpc) is 2.69. The predicted molar refractivity (Wildman–Crippen MR) is 103 cm³/mol. The number of hydrogen-bond acceptors (Lipinski definition) is 4. The van der Waals surface area contributed by atoms with Crippen LogP contribution in [0.3, 0.4) is 0 Å². The van der Waals surface area contributed by atoms with Crippen LogP contribution < -0.4 is 0 Å². The van der Waals surface area contributed by atoms with Crippen molar-refractivity contribution in [2.75, 3.05) is 32.8 Å². The minimum absolute atomic E-state index is 0.134. The summed E-state index contributed by atoms with van der Waals surface area (Å²) in [6.07, 6.45) is 0.0393. The Morgan fingerprint density at radius 3 is 1.92 bits per heavy atom. The minimum Gasteiger partial charge on any atom is -0.393 e. The van der Waals surface area contributed by atoms with Gasteiger partial charge in [0.25, 0.3) is 0 Å². The van der Waals surface area contributed by atoms with Crippen molar-refractivity contribution in [3.63, 3.8) is 0 Å². The van der Waals surface area contributed by atoms with E-state index in [1.807, 2.05) is 60.7 Å². The van der Waals surface area contributed by atoms with Crippen molar-refractivity contribution in [2.45, 2.75) is 25.0 Å². The molecule has 1 aliphatic rings. The summed E-state index contributed by atoms with van der Waals surface area (Å²) >= 11 is 0. The summed E-state index contributed by atoms with van der Waals surface area (Å²) in [7, 11) is 0. The highest BCUT2D eigenvalue weighted by Gasteiger charge is 2.41. The zero-order valence-corrected chi connectivity index (χ0v) is 15.4. The number of aliphatic hydroxyl groups excluding tert-OH is 1. The number of hydrogen-bond donors (Lipinski definition) is 2. The molecule has 3 rings (SSSR count). The molecule has 2 N–H and O–H groups in total. The maximum absolute atomic E-state index is 12.0. The van der Waals surface area contributed by atoms with Crippen LogP contribution >= 0.6 is 0 Å². The number of morpholine rings is 1. The Labute approximate surface area is 156 Å². The smallest absolute Gasteiger partial charge is 0.119 e. The summed E-state index contributed by atoms with van der Waals surface area (Å²) in [5.41, 5.74) is 0.577. The van der Waals surface area contributed by atoms with E-state index >= 15 is 0 Å². The fourth-order valence-electron chi connectivity index (χ4n) is 3.91. The summed E-state index contributed by atoms with van der Waals surface area (Å²) < 4.78 is 5.46. The highest BCUT2D eigenvalue weighted by atomic mass is 16.5. The molecular formula is C22H29NO3. The summed E-state index contributed by atoms with van der Waals surface area (Å²) in [5, 5.41) is 22.2. The van der Waals surface area contributed by atoms with E-state index in [0.29, 0.717) is 13.0 Å². The van der Waals surface area contributed by atoms with Crippen LogP contribution in [0.5, 0.6) is 0 Å². The molecule has 2 unspecified atom stereocenters. The van der Waals surface area contributed by atoms with Crippen LogP contribution in [-0.4, -0.2) is 54.1 Å². The third-order valence-corrected chi connectivity index (χ3v) is 5.23. The van der Waals surface area contributed by atoms with Gasteiger partial charge in [-0.15, -0.1) is 0 Å². The van der Waals surface area contributed by atoms with Crippen molar-refractivity contribution in [1.29, 1.82) is 0 Å². The topological polar surface area (TPSA) is 52.9 Å². The first-order valence-electron chi connectivity index (χ1n) is 9.42. The Morgan fingerprint density at radius 1 is 0.962 bits per heavy atom. The Kier molecular flexibility index (Phi) is 6.43. The lowest BCUT2D eigenvalue weighted by Gasteiger charge is -2.41. The first-order chi connectivity index (χ1) is 12.6. The molecule has 4 heteroatoms. The van der Waals surface area contributed by atoms with Crippen molar-refractivity contribution in [2.24, 2.45) is 5.92 Å². The second-order valence-corrected chi connectivity index (χ2v) is 7.19. The van der Waals surface area contributed by atoms with E-state index < -0.39 is 11.7 Å². The van der Waals surface area contributed by atoms with Crippen molar-refractivity contribution in [1.82, 2.24) is 4.90 Å².